The van der Waals surface area contributed by atoms with Crippen molar-refractivity contribution in [2.45, 2.75) is 25.9 Å². The highest BCUT2D eigenvalue weighted by Crippen LogP contribution is 2.29. The Bertz CT molecular complexity index is 1090. The number of amides is 2. The van der Waals surface area contributed by atoms with Crippen LogP contribution in [0.1, 0.15) is 17.7 Å². The predicted molar refractivity (Wildman–Crippen MR) is 125 cm³/mol. The van der Waals surface area contributed by atoms with Gasteiger partial charge in [0.15, 0.2) is 5.11 Å². The molecule has 7 heteroatoms. The van der Waals surface area contributed by atoms with Gasteiger partial charge in [-0.15, -0.1) is 0 Å². The first kappa shape index (κ1) is 20.7. The third-order valence-electron chi connectivity index (χ3n) is 5.11. The molecule has 0 aliphatic carbocycles. The van der Waals surface area contributed by atoms with Crippen molar-refractivity contribution in [1.29, 1.82) is 0 Å². The van der Waals surface area contributed by atoms with Gasteiger partial charge in [0.2, 0.25) is 5.91 Å². The Hall–Kier alpha value is -3.58. The summed E-state index contributed by atoms with van der Waals surface area (Å²) in [6, 6.07) is 21.7. The van der Waals surface area contributed by atoms with E-state index in [1.54, 1.807) is 11.1 Å². The number of para-hydroxylation sites is 1. The summed E-state index contributed by atoms with van der Waals surface area (Å²) in [6.07, 6.45) is 1.69. The predicted octanol–water partition coefficient (Wildman–Crippen LogP) is 3.92. The van der Waals surface area contributed by atoms with E-state index in [2.05, 4.69) is 10.3 Å². The molecule has 0 saturated carbocycles. The van der Waals surface area contributed by atoms with Gasteiger partial charge in [-0.05, 0) is 55.5 Å². The molecule has 4 rings (SSSR count). The summed E-state index contributed by atoms with van der Waals surface area (Å²) in [5.41, 5.74) is 3.24. The Morgan fingerprint density at radius 2 is 1.74 bits per heavy atom. The Labute approximate surface area is 186 Å². The van der Waals surface area contributed by atoms with Crippen LogP contribution in [0.3, 0.4) is 0 Å². The van der Waals surface area contributed by atoms with E-state index in [-0.39, 0.29) is 18.2 Å². The van der Waals surface area contributed by atoms with E-state index in [9.17, 15) is 9.59 Å². The highest BCUT2D eigenvalue weighted by Gasteiger charge is 2.44. The van der Waals surface area contributed by atoms with Gasteiger partial charge in [-0.25, -0.2) is 0 Å². The fraction of sp³-hybridized carbons (Fsp3) is 0.167. The van der Waals surface area contributed by atoms with E-state index in [0.717, 1.165) is 11.3 Å². The van der Waals surface area contributed by atoms with E-state index in [4.69, 9.17) is 12.2 Å². The number of hydrogen-bond acceptors (Lipinski definition) is 4. The van der Waals surface area contributed by atoms with Gasteiger partial charge in [-0.2, -0.15) is 0 Å². The minimum Gasteiger partial charge on any atom is -0.330 e. The van der Waals surface area contributed by atoms with Crippen molar-refractivity contribution in [3.8, 4) is 0 Å². The second-order valence-electron chi connectivity index (χ2n) is 7.37. The molecular weight excluding hydrogens is 408 g/mol. The number of benzene rings is 2. The molecule has 0 unspecified atom stereocenters. The lowest BCUT2D eigenvalue weighted by Gasteiger charge is -2.23. The number of anilines is 2. The van der Waals surface area contributed by atoms with Gasteiger partial charge in [0.25, 0.3) is 5.91 Å². The number of aryl methyl sites for hydroxylation is 1. The number of nitrogens with zero attached hydrogens (tertiary/aromatic N) is 3. The zero-order chi connectivity index (χ0) is 21.8. The lowest BCUT2D eigenvalue weighted by Crippen LogP contribution is -2.37. The second-order valence-corrected chi connectivity index (χ2v) is 7.74. The average Bonchev–Trinajstić information content (AvgIpc) is 3.00. The standard InChI is InChI=1S/C24H22N4O2S/c1-17-10-12-20(13-11-17)28-23(30)21(15-22(29)26-18-7-3-2-4-8-18)27(24(28)31)16-19-9-5-6-14-25-19/h2-14,21H,15-16H2,1H3,(H,26,29)/t21-/m0/s1. The zero-order valence-corrected chi connectivity index (χ0v) is 17.9. The quantitative estimate of drug-likeness (QED) is 0.601. The largest absolute Gasteiger partial charge is 0.330 e. The molecule has 1 saturated heterocycles. The van der Waals surface area contributed by atoms with Crippen LogP contribution >= 0.6 is 12.2 Å². The third-order valence-corrected chi connectivity index (χ3v) is 5.52. The summed E-state index contributed by atoms with van der Waals surface area (Å²) < 4.78 is 0. The molecule has 156 valence electrons. The molecule has 1 fully saturated rings. The third kappa shape index (κ3) is 4.62. The van der Waals surface area contributed by atoms with Crippen molar-refractivity contribution >= 4 is 40.5 Å². The van der Waals surface area contributed by atoms with Crippen LogP contribution in [-0.2, 0) is 16.1 Å². The van der Waals surface area contributed by atoms with Crippen molar-refractivity contribution in [3.05, 3.63) is 90.3 Å². The fourth-order valence-corrected chi connectivity index (χ4v) is 3.91. The number of hydrogen-bond donors (Lipinski definition) is 1. The van der Waals surface area contributed by atoms with Crippen LogP contribution in [0, 0.1) is 6.92 Å². The van der Waals surface area contributed by atoms with E-state index in [1.165, 1.54) is 4.90 Å². The lowest BCUT2D eigenvalue weighted by molar-refractivity contribution is -0.124. The minimum absolute atomic E-state index is 0.0109. The molecule has 1 aromatic heterocycles. The van der Waals surface area contributed by atoms with Crippen LogP contribution in [0.15, 0.2) is 79.0 Å². The summed E-state index contributed by atoms with van der Waals surface area (Å²) in [5.74, 6) is -0.461. The SMILES string of the molecule is Cc1ccc(N2C(=O)[C@H](CC(=O)Nc3ccccc3)N(Cc3ccccn3)C2=S)cc1. The topological polar surface area (TPSA) is 65.5 Å². The van der Waals surface area contributed by atoms with Crippen LogP contribution in [-0.4, -0.2) is 32.9 Å². The molecule has 1 aliphatic rings. The fourth-order valence-electron chi connectivity index (χ4n) is 3.52. The van der Waals surface area contributed by atoms with Crippen LogP contribution in [0.2, 0.25) is 0 Å². The van der Waals surface area contributed by atoms with Crippen molar-refractivity contribution in [2.24, 2.45) is 0 Å². The first-order valence-corrected chi connectivity index (χ1v) is 10.4. The van der Waals surface area contributed by atoms with Crippen LogP contribution in [0.25, 0.3) is 0 Å². The zero-order valence-electron chi connectivity index (χ0n) is 17.1. The monoisotopic (exact) mass is 430 g/mol. The van der Waals surface area contributed by atoms with Gasteiger partial charge in [-0.3, -0.25) is 19.5 Å². The van der Waals surface area contributed by atoms with E-state index >= 15 is 0 Å². The summed E-state index contributed by atoms with van der Waals surface area (Å²) >= 11 is 5.68. The van der Waals surface area contributed by atoms with E-state index < -0.39 is 6.04 Å². The molecule has 0 bridgehead atoms. The summed E-state index contributed by atoms with van der Waals surface area (Å²) in [6.45, 7) is 2.33. The molecule has 6 nitrogen and oxygen atoms in total. The van der Waals surface area contributed by atoms with Gasteiger partial charge in [0.1, 0.15) is 6.04 Å². The first-order chi connectivity index (χ1) is 15.0. The smallest absolute Gasteiger partial charge is 0.256 e. The van der Waals surface area contributed by atoms with Crippen molar-refractivity contribution in [3.63, 3.8) is 0 Å². The van der Waals surface area contributed by atoms with Gasteiger partial charge in [-0.1, -0.05) is 42.0 Å². The molecule has 2 aromatic carbocycles. The lowest BCUT2D eigenvalue weighted by atomic mass is 10.1. The maximum atomic E-state index is 13.4. The number of rotatable bonds is 6. The first-order valence-electron chi connectivity index (χ1n) is 9.99. The number of carbonyl (C=O) groups excluding carboxylic acids is 2. The van der Waals surface area contributed by atoms with Crippen LogP contribution in [0.4, 0.5) is 11.4 Å². The Kier molecular flexibility index (Phi) is 6.04. The summed E-state index contributed by atoms with van der Waals surface area (Å²) in [7, 11) is 0. The molecule has 1 N–H and O–H groups in total. The maximum absolute atomic E-state index is 13.4. The van der Waals surface area contributed by atoms with Gasteiger partial charge >= 0.3 is 0 Å². The highest BCUT2D eigenvalue weighted by molar-refractivity contribution is 7.80. The molecule has 2 amide bonds. The maximum Gasteiger partial charge on any atom is 0.256 e. The number of thiocarbonyl (C=S) groups is 1. The molecule has 31 heavy (non-hydrogen) atoms. The molecule has 1 atom stereocenters. The Morgan fingerprint density at radius 3 is 2.42 bits per heavy atom. The van der Waals surface area contributed by atoms with Crippen molar-refractivity contribution in [2.75, 3.05) is 10.2 Å². The van der Waals surface area contributed by atoms with Crippen molar-refractivity contribution in [1.82, 2.24) is 9.88 Å². The molecule has 1 aliphatic heterocycles. The minimum atomic E-state index is -0.709. The van der Waals surface area contributed by atoms with E-state index in [0.29, 0.717) is 23.0 Å². The number of carbonyl (C=O) groups is 2. The van der Waals surface area contributed by atoms with Crippen LogP contribution in [0.5, 0.6) is 0 Å². The number of pyridine rings is 1. The molecule has 2 heterocycles. The molecule has 0 radical (unpaired) electrons. The summed E-state index contributed by atoms with van der Waals surface area (Å²) in [4.78, 5) is 33.8. The second kappa shape index (κ2) is 9.06. The normalized spacial score (nSPS) is 16.0. The van der Waals surface area contributed by atoms with E-state index in [1.807, 2.05) is 79.7 Å². The molecule has 0 spiro atoms. The van der Waals surface area contributed by atoms with Gasteiger partial charge < -0.3 is 10.2 Å². The van der Waals surface area contributed by atoms with Crippen LogP contribution < -0.4 is 10.2 Å². The van der Waals surface area contributed by atoms with Gasteiger partial charge in [0.05, 0.1) is 24.3 Å². The Morgan fingerprint density at radius 1 is 1.03 bits per heavy atom. The summed E-state index contributed by atoms with van der Waals surface area (Å²) in [5, 5.41) is 3.23. The highest BCUT2D eigenvalue weighted by atomic mass is 32.1. The number of aromatic nitrogens is 1. The molecular formula is C24H22N4O2S. The average molecular weight is 431 g/mol. The molecule has 3 aromatic rings. The number of nitrogens with one attached hydrogen (secondary N) is 1. The van der Waals surface area contributed by atoms with Gasteiger partial charge in [0, 0.05) is 11.9 Å². The van der Waals surface area contributed by atoms with Crippen molar-refractivity contribution < 1.29 is 9.59 Å². The Balaban J connectivity index is 1.60.